The van der Waals surface area contributed by atoms with Gasteiger partial charge in [0.2, 0.25) is 5.91 Å². The molecule has 0 bridgehead atoms. The molecule has 0 aromatic heterocycles. The van der Waals surface area contributed by atoms with Gasteiger partial charge in [-0.2, -0.15) is 11.8 Å². The zero-order valence-electron chi connectivity index (χ0n) is 11.4. The smallest absolute Gasteiger partial charge is 0.226 e. The second kappa shape index (κ2) is 6.27. The highest BCUT2D eigenvalue weighted by atomic mass is 35.5. The van der Waals surface area contributed by atoms with Crippen molar-refractivity contribution in [3.8, 4) is 0 Å². The Labute approximate surface area is 129 Å². The zero-order chi connectivity index (χ0) is 13.9. The first-order valence-corrected chi connectivity index (χ1v) is 8.64. The van der Waals surface area contributed by atoms with Gasteiger partial charge in [-0.1, -0.05) is 17.7 Å². The Morgan fingerprint density at radius 2 is 2.05 bits per heavy atom. The molecule has 0 spiro atoms. The molecule has 0 aliphatic carbocycles. The van der Waals surface area contributed by atoms with E-state index in [4.69, 9.17) is 11.6 Å². The highest BCUT2D eigenvalue weighted by Gasteiger charge is 2.29. The molecule has 0 radical (unpaired) electrons. The first-order chi connectivity index (χ1) is 9.74. The van der Waals surface area contributed by atoms with Crippen LogP contribution < -0.4 is 4.90 Å². The van der Waals surface area contributed by atoms with Crippen LogP contribution in [0.15, 0.2) is 24.3 Å². The lowest BCUT2D eigenvalue weighted by Crippen LogP contribution is -2.50. The maximum Gasteiger partial charge on any atom is 0.226 e. The summed E-state index contributed by atoms with van der Waals surface area (Å²) in [5.74, 6) is 2.77. The Morgan fingerprint density at radius 3 is 2.70 bits per heavy atom. The van der Waals surface area contributed by atoms with Crippen LogP contribution in [0.25, 0.3) is 0 Å². The number of piperazine rings is 1. The van der Waals surface area contributed by atoms with Crippen molar-refractivity contribution < 1.29 is 4.79 Å². The van der Waals surface area contributed by atoms with Gasteiger partial charge in [-0.05, 0) is 30.4 Å². The van der Waals surface area contributed by atoms with Gasteiger partial charge in [-0.15, -0.1) is 0 Å². The van der Waals surface area contributed by atoms with Gasteiger partial charge in [0.25, 0.3) is 0 Å². The molecule has 2 aliphatic heterocycles. The fraction of sp³-hybridized carbons (Fsp3) is 0.533. The number of amides is 1. The molecule has 2 saturated heterocycles. The molecule has 3 rings (SSSR count). The van der Waals surface area contributed by atoms with E-state index in [1.165, 1.54) is 0 Å². The van der Waals surface area contributed by atoms with Crippen LogP contribution in [0.2, 0.25) is 5.02 Å². The number of carbonyl (C=O) groups excluding carboxylic acids is 1. The number of carbonyl (C=O) groups is 1. The molecular formula is C15H19ClN2OS. The number of hydrogen-bond donors (Lipinski definition) is 0. The van der Waals surface area contributed by atoms with Crippen molar-refractivity contribution in [3.63, 3.8) is 0 Å². The fourth-order valence-corrected chi connectivity index (χ4v) is 4.24. The predicted molar refractivity (Wildman–Crippen MR) is 85.7 cm³/mol. The van der Waals surface area contributed by atoms with Gasteiger partial charge in [0.1, 0.15) is 0 Å². The average Bonchev–Trinajstić information content (AvgIpc) is 3.01. The van der Waals surface area contributed by atoms with Crippen molar-refractivity contribution in [1.82, 2.24) is 4.90 Å². The summed E-state index contributed by atoms with van der Waals surface area (Å²) < 4.78 is 0. The molecule has 108 valence electrons. The van der Waals surface area contributed by atoms with E-state index in [0.29, 0.717) is 5.91 Å². The van der Waals surface area contributed by atoms with Crippen LogP contribution >= 0.6 is 23.4 Å². The quantitative estimate of drug-likeness (QED) is 0.839. The van der Waals surface area contributed by atoms with Crippen LogP contribution in [0.3, 0.4) is 0 Å². The van der Waals surface area contributed by atoms with E-state index in [1.807, 2.05) is 34.9 Å². The number of hydrogen-bond acceptors (Lipinski definition) is 3. The molecular weight excluding hydrogens is 292 g/mol. The first kappa shape index (κ1) is 14.1. The molecule has 2 aliphatic rings. The molecule has 5 heteroatoms. The summed E-state index contributed by atoms with van der Waals surface area (Å²) in [6.07, 6.45) is 1.05. The van der Waals surface area contributed by atoms with Gasteiger partial charge in [0.05, 0.1) is 0 Å². The number of nitrogens with zero attached hydrogens (tertiary/aromatic N) is 2. The average molecular weight is 311 g/mol. The van der Waals surface area contributed by atoms with E-state index >= 15 is 0 Å². The maximum absolute atomic E-state index is 12.4. The molecule has 1 aromatic rings. The van der Waals surface area contributed by atoms with Crippen LogP contribution in [0.1, 0.15) is 6.42 Å². The topological polar surface area (TPSA) is 23.6 Å². The Bertz CT molecular complexity index is 483. The van der Waals surface area contributed by atoms with Crippen LogP contribution in [0.4, 0.5) is 5.69 Å². The molecule has 1 amide bonds. The number of halogens is 1. The summed E-state index contributed by atoms with van der Waals surface area (Å²) >= 11 is 7.94. The maximum atomic E-state index is 12.4. The minimum Gasteiger partial charge on any atom is -0.368 e. The highest BCUT2D eigenvalue weighted by molar-refractivity contribution is 7.99. The number of rotatable bonds is 2. The van der Waals surface area contributed by atoms with E-state index in [1.54, 1.807) is 0 Å². The van der Waals surface area contributed by atoms with Crippen molar-refractivity contribution in [2.45, 2.75) is 6.42 Å². The zero-order valence-corrected chi connectivity index (χ0v) is 13.0. The monoisotopic (exact) mass is 310 g/mol. The summed E-state index contributed by atoms with van der Waals surface area (Å²) in [6, 6.07) is 7.94. The Hall–Kier alpha value is -0.870. The lowest BCUT2D eigenvalue weighted by atomic mass is 10.1. The third kappa shape index (κ3) is 3.07. The minimum atomic E-state index is 0.262. The highest BCUT2D eigenvalue weighted by Crippen LogP contribution is 2.26. The van der Waals surface area contributed by atoms with Crippen LogP contribution in [-0.2, 0) is 4.79 Å². The van der Waals surface area contributed by atoms with Gasteiger partial charge in [0.15, 0.2) is 0 Å². The number of benzene rings is 1. The van der Waals surface area contributed by atoms with Crippen molar-refractivity contribution in [3.05, 3.63) is 29.3 Å². The second-order valence-corrected chi connectivity index (χ2v) is 6.94. The molecule has 2 fully saturated rings. The molecule has 3 nitrogen and oxygen atoms in total. The van der Waals surface area contributed by atoms with Gasteiger partial charge in [0, 0.05) is 48.6 Å². The lowest BCUT2D eigenvalue weighted by molar-refractivity contribution is -0.135. The molecule has 0 saturated carbocycles. The molecule has 1 aromatic carbocycles. The van der Waals surface area contributed by atoms with Crippen molar-refractivity contribution in [1.29, 1.82) is 0 Å². The summed E-state index contributed by atoms with van der Waals surface area (Å²) in [5, 5.41) is 0.768. The second-order valence-electron chi connectivity index (χ2n) is 5.35. The minimum absolute atomic E-state index is 0.262. The number of anilines is 1. The molecule has 2 heterocycles. The Morgan fingerprint density at radius 1 is 1.25 bits per heavy atom. The van der Waals surface area contributed by atoms with Crippen molar-refractivity contribution >= 4 is 35.0 Å². The summed E-state index contributed by atoms with van der Waals surface area (Å²) in [5.41, 5.74) is 1.15. The van der Waals surface area contributed by atoms with E-state index in [-0.39, 0.29) is 5.92 Å². The number of thioether (sulfide) groups is 1. The Balaban J connectivity index is 1.58. The van der Waals surface area contributed by atoms with Gasteiger partial charge >= 0.3 is 0 Å². The van der Waals surface area contributed by atoms with Crippen molar-refractivity contribution in [2.75, 3.05) is 42.6 Å². The van der Waals surface area contributed by atoms with Gasteiger partial charge < -0.3 is 9.80 Å². The molecule has 0 N–H and O–H groups in total. The molecule has 20 heavy (non-hydrogen) atoms. The molecule has 1 atom stereocenters. The Kier molecular flexibility index (Phi) is 4.41. The van der Waals surface area contributed by atoms with E-state index in [2.05, 4.69) is 11.0 Å². The van der Waals surface area contributed by atoms with Gasteiger partial charge in [-0.3, -0.25) is 4.79 Å². The normalized spacial score (nSPS) is 23.1. The predicted octanol–water partition coefficient (Wildman–Crippen LogP) is 2.74. The summed E-state index contributed by atoms with van der Waals surface area (Å²) in [6.45, 7) is 3.44. The third-order valence-corrected chi connectivity index (χ3v) is 5.44. The molecule has 1 unspecified atom stereocenters. The largest absolute Gasteiger partial charge is 0.368 e. The third-order valence-electron chi connectivity index (χ3n) is 4.04. The fourth-order valence-electron chi connectivity index (χ4n) is 2.85. The standard InChI is InChI=1S/C15H19ClN2OS/c16-13-2-1-3-14(10-13)17-5-7-18(8-6-17)15(19)12-4-9-20-11-12/h1-3,10,12H,4-9,11H2. The summed E-state index contributed by atoms with van der Waals surface area (Å²) in [7, 11) is 0. The summed E-state index contributed by atoms with van der Waals surface area (Å²) in [4.78, 5) is 16.7. The van der Waals surface area contributed by atoms with Gasteiger partial charge in [-0.25, -0.2) is 0 Å². The van der Waals surface area contributed by atoms with Crippen LogP contribution in [-0.4, -0.2) is 48.5 Å². The first-order valence-electron chi connectivity index (χ1n) is 7.11. The van der Waals surface area contributed by atoms with Crippen LogP contribution in [0.5, 0.6) is 0 Å². The van der Waals surface area contributed by atoms with E-state index in [0.717, 1.165) is 54.8 Å². The van der Waals surface area contributed by atoms with Crippen molar-refractivity contribution in [2.24, 2.45) is 5.92 Å². The SMILES string of the molecule is O=C(C1CCSC1)N1CCN(c2cccc(Cl)c2)CC1. The van der Waals surface area contributed by atoms with E-state index < -0.39 is 0 Å². The van der Waals surface area contributed by atoms with E-state index in [9.17, 15) is 4.79 Å². The van der Waals surface area contributed by atoms with Crippen LogP contribution in [0, 0.1) is 5.92 Å². The lowest BCUT2D eigenvalue weighted by Gasteiger charge is -2.37.